The lowest BCUT2D eigenvalue weighted by molar-refractivity contribution is -0.130. The van der Waals surface area contributed by atoms with Crippen LogP contribution < -0.4 is 11.1 Å². The molecule has 2 amide bonds. The van der Waals surface area contributed by atoms with Crippen LogP contribution in [0, 0.1) is 5.82 Å². The monoisotopic (exact) mass is 418 g/mol. The molecular formula is C16H16F2N2O5S2. The highest BCUT2D eigenvalue weighted by atomic mass is 32.2. The molecule has 0 radical (unpaired) electrons. The second kappa shape index (κ2) is 7.33. The van der Waals surface area contributed by atoms with Gasteiger partial charge in [-0.25, -0.2) is 17.2 Å². The highest BCUT2D eigenvalue weighted by Gasteiger charge is 2.30. The van der Waals surface area contributed by atoms with Gasteiger partial charge in [-0.05, 0) is 37.6 Å². The van der Waals surface area contributed by atoms with Crippen LogP contribution in [-0.4, -0.2) is 30.9 Å². The zero-order valence-electron chi connectivity index (χ0n) is 14.2. The Morgan fingerprint density at radius 2 is 1.93 bits per heavy atom. The zero-order valence-corrected chi connectivity index (χ0v) is 15.9. The fraction of sp³-hybridized carbons (Fsp3) is 0.250. The van der Waals surface area contributed by atoms with Crippen molar-refractivity contribution in [1.29, 1.82) is 0 Å². The van der Waals surface area contributed by atoms with Crippen molar-refractivity contribution < 1.29 is 31.9 Å². The van der Waals surface area contributed by atoms with Crippen molar-refractivity contribution in [3.8, 4) is 0 Å². The Bertz CT molecular complexity index is 1010. The standard InChI is InChI=1S/C16H16F2N2O5S2/c1-16(2,23)15(22)20-14-9(13(19)21)6-12(26-14)27(24,25)11-4-3-8(7-17)5-10(11)18/h3-6,23H,7H2,1-2H3,(H2,19,21)(H,20,22). The molecule has 0 aliphatic heterocycles. The second-order valence-corrected chi connectivity index (χ2v) is 9.28. The molecule has 0 fully saturated rings. The fourth-order valence-electron chi connectivity index (χ4n) is 1.99. The first-order valence-corrected chi connectivity index (χ1v) is 9.75. The van der Waals surface area contributed by atoms with Crippen LogP contribution in [-0.2, 0) is 21.3 Å². The molecule has 1 aromatic heterocycles. The van der Waals surface area contributed by atoms with Crippen molar-refractivity contribution in [2.45, 2.75) is 35.2 Å². The SMILES string of the molecule is CC(C)(O)C(=O)Nc1sc(S(=O)(=O)c2ccc(CF)cc2F)cc1C(N)=O. The molecule has 0 saturated carbocycles. The number of sulfone groups is 1. The highest BCUT2D eigenvalue weighted by molar-refractivity contribution is 7.93. The van der Waals surface area contributed by atoms with Gasteiger partial charge in [0.2, 0.25) is 9.84 Å². The Morgan fingerprint density at radius 1 is 1.30 bits per heavy atom. The van der Waals surface area contributed by atoms with E-state index >= 15 is 0 Å². The number of aliphatic hydroxyl groups is 1. The largest absolute Gasteiger partial charge is 0.381 e. The lowest BCUT2D eigenvalue weighted by Gasteiger charge is -2.16. The molecule has 0 aliphatic rings. The van der Waals surface area contributed by atoms with E-state index in [1.807, 2.05) is 0 Å². The first-order chi connectivity index (χ1) is 12.4. The minimum atomic E-state index is -4.40. The molecule has 0 atom stereocenters. The molecule has 4 N–H and O–H groups in total. The summed E-state index contributed by atoms with van der Waals surface area (Å²) in [5, 5.41) is 11.7. The summed E-state index contributed by atoms with van der Waals surface area (Å²) in [5.41, 5.74) is 3.06. The van der Waals surface area contributed by atoms with Crippen molar-refractivity contribution in [1.82, 2.24) is 0 Å². The molecule has 146 valence electrons. The molecule has 0 unspecified atom stereocenters. The maximum Gasteiger partial charge on any atom is 0.256 e. The van der Waals surface area contributed by atoms with Crippen LogP contribution in [0.5, 0.6) is 0 Å². The highest BCUT2D eigenvalue weighted by Crippen LogP contribution is 2.36. The molecule has 2 aromatic rings. The first kappa shape index (κ1) is 20.9. The molecule has 7 nitrogen and oxygen atoms in total. The summed E-state index contributed by atoms with van der Waals surface area (Å²) in [6, 6.07) is 3.70. The summed E-state index contributed by atoms with van der Waals surface area (Å²) < 4.78 is 51.6. The molecule has 0 bridgehead atoms. The first-order valence-electron chi connectivity index (χ1n) is 7.45. The summed E-state index contributed by atoms with van der Waals surface area (Å²) in [4.78, 5) is 22.8. The van der Waals surface area contributed by atoms with E-state index in [0.29, 0.717) is 11.3 Å². The van der Waals surface area contributed by atoms with Crippen molar-refractivity contribution in [2.24, 2.45) is 5.73 Å². The average Bonchev–Trinajstić information content (AvgIpc) is 2.98. The van der Waals surface area contributed by atoms with E-state index < -0.39 is 48.8 Å². The average molecular weight is 418 g/mol. The molecule has 1 aromatic carbocycles. The molecule has 0 aliphatic carbocycles. The molecule has 1 heterocycles. The number of rotatable bonds is 6. The smallest absolute Gasteiger partial charge is 0.256 e. The third-order valence-electron chi connectivity index (χ3n) is 3.46. The number of nitrogens with two attached hydrogens (primary N) is 1. The Morgan fingerprint density at radius 3 is 2.41 bits per heavy atom. The van der Waals surface area contributed by atoms with Crippen LogP contribution >= 0.6 is 11.3 Å². The summed E-state index contributed by atoms with van der Waals surface area (Å²) in [7, 11) is -4.40. The van der Waals surface area contributed by atoms with E-state index in [2.05, 4.69) is 5.32 Å². The molecular weight excluding hydrogens is 402 g/mol. The van der Waals surface area contributed by atoms with Crippen molar-refractivity contribution in [3.05, 3.63) is 41.2 Å². The van der Waals surface area contributed by atoms with Crippen LogP contribution in [0.4, 0.5) is 13.8 Å². The molecule has 27 heavy (non-hydrogen) atoms. The number of thiophene rings is 1. The third-order valence-corrected chi connectivity index (χ3v) is 6.77. The van der Waals surface area contributed by atoms with Crippen LogP contribution in [0.25, 0.3) is 0 Å². The van der Waals surface area contributed by atoms with E-state index in [9.17, 15) is 31.9 Å². The Balaban J connectivity index is 2.54. The van der Waals surface area contributed by atoms with Gasteiger partial charge < -0.3 is 16.2 Å². The van der Waals surface area contributed by atoms with E-state index in [1.54, 1.807) is 0 Å². The van der Waals surface area contributed by atoms with Gasteiger partial charge in [-0.3, -0.25) is 9.59 Å². The summed E-state index contributed by atoms with van der Waals surface area (Å²) in [6.07, 6.45) is 0. The molecule has 0 saturated heterocycles. The van der Waals surface area contributed by atoms with E-state index in [4.69, 9.17) is 5.73 Å². The Labute approximate surface area is 157 Å². The lowest BCUT2D eigenvalue weighted by Crippen LogP contribution is -2.36. The summed E-state index contributed by atoms with van der Waals surface area (Å²) >= 11 is 0.480. The minimum absolute atomic E-state index is 0.0337. The van der Waals surface area contributed by atoms with Gasteiger partial charge >= 0.3 is 0 Å². The Kier molecular flexibility index (Phi) is 5.68. The quantitative estimate of drug-likeness (QED) is 0.661. The third kappa shape index (κ3) is 4.31. The summed E-state index contributed by atoms with van der Waals surface area (Å²) in [5.74, 6) is -3.07. The number of amides is 2. The summed E-state index contributed by atoms with van der Waals surface area (Å²) in [6.45, 7) is 1.42. The van der Waals surface area contributed by atoms with E-state index in [-0.39, 0.29) is 16.1 Å². The molecule has 11 heteroatoms. The number of halogens is 2. The fourth-order valence-corrected chi connectivity index (χ4v) is 4.79. The molecule has 2 rings (SSSR count). The minimum Gasteiger partial charge on any atom is -0.381 e. The number of carbonyl (C=O) groups is 2. The number of primary amides is 1. The zero-order chi connectivity index (χ0) is 20.6. The van der Waals surface area contributed by atoms with Gasteiger partial charge in [-0.15, -0.1) is 11.3 Å². The van der Waals surface area contributed by atoms with Gasteiger partial charge in [0, 0.05) is 0 Å². The van der Waals surface area contributed by atoms with E-state index in [1.165, 1.54) is 13.8 Å². The van der Waals surface area contributed by atoms with Crippen molar-refractivity contribution in [3.63, 3.8) is 0 Å². The van der Waals surface area contributed by atoms with Gasteiger partial charge in [-0.2, -0.15) is 0 Å². The van der Waals surface area contributed by atoms with E-state index in [0.717, 1.165) is 24.3 Å². The van der Waals surface area contributed by atoms with Crippen molar-refractivity contribution in [2.75, 3.05) is 5.32 Å². The number of carbonyl (C=O) groups excluding carboxylic acids is 2. The maximum atomic E-state index is 14.1. The van der Waals surface area contributed by atoms with Gasteiger partial charge in [-0.1, -0.05) is 6.07 Å². The van der Waals surface area contributed by atoms with Gasteiger partial charge in [0.05, 0.1) is 5.56 Å². The van der Waals surface area contributed by atoms with Crippen molar-refractivity contribution >= 4 is 38.0 Å². The number of alkyl halides is 1. The van der Waals surface area contributed by atoms with Gasteiger partial charge in [0.25, 0.3) is 11.8 Å². The Hall–Kier alpha value is -2.37. The predicted molar refractivity (Wildman–Crippen MR) is 94.4 cm³/mol. The number of hydrogen-bond acceptors (Lipinski definition) is 6. The van der Waals surface area contributed by atoms with Crippen LogP contribution in [0.15, 0.2) is 33.4 Å². The topological polar surface area (TPSA) is 127 Å². The number of anilines is 1. The van der Waals surface area contributed by atoms with Crippen LogP contribution in [0.2, 0.25) is 0 Å². The number of benzene rings is 1. The predicted octanol–water partition coefficient (Wildman–Crippen LogP) is 2.00. The normalized spacial score (nSPS) is 12.0. The van der Waals surface area contributed by atoms with Gasteiger partial charge in [0.15, 0.2) is 0 Å². The number of hydrogen-bond donors (Lipinski definition) is 3. The van der Waals surface area contributed by atoms with Crippen LogP contribution in [0.3, 0.4) is 0 Å². The molecule has 0 spiro atoms. The number of nitrogens with one attached hydrogen (secondary N) is 1. The lowest BCUT2D eigenvalue weighted by atomic mass is 10.1. The van der Waals surface area contributed by atoms with Gasteiger partial charge in [0.1, 0.15) is 32.2 Å². The maximum absolute atomic E-state index is 14.1. The second-order valence-electron chi connectivity index (χ2n) is 6.09. The van der Waals surface area contributed by atoms with Crippen LogP contribution in [0.1, 0.15) is 29.8 Å².